The second-order valence-electron chi connectivity index (χ2n) is 10.5. The van der Waals surface area contributed by atoms with Gasteiger partial charge in [-0.05, 0) is 41.5 Å². The van der Waals surface area contributed by atoms with Gasteiger partial charge in [0.2, 0.25) is 5.91 Å². The van der Waals surface area contributed by atoms with E-state index in [2.05, 4.69) is 79.0 Å². The van der Waals surface area contributed by atoms with E-state index in [1.165, 1.54) is 36.6 Å². The van der Waals surface area contributed by atoms with Gasteiger partial charge < -0.3 is 14.6 Å². The number of unbranched alkanes of at least 4 members (excludes halogenated alkanes) is 2. The molecule has 3 rings (SSSR count). The van der Waals surface area contributed by atoms with E-state index < -0.39 is 0 Å². The lowest BCUT2D eigenvalue weighted by Crippen LogP contribution is -2.15. The third kappa shape index (κ3) is 8.24. The lowest BCUT2D eigenvalue weighted by Gasteiger charge is -2.19. The number of benzene rings is 2. The molecule has 1 N–H and O–H groups in total. The third-order valence-electron chi connectivity index (χ3n) is 6.29. The SMILES string of the molecule is CCCCC[C@H](C)Cn1c(SCC(=O)Nc2ccc(OC)c(Cl)c2)nnc1-c1ccc(C(C)(C)C)cc1. The summed E-state index contributed by atoms with van der Waals surface area (Å²) >= 11 is 7.59. The molecule has 0 unspecified atom stereocenters. The zero-order valence-electron chi connectivity index (χ0n) is 22.8. The molecule has 0 saturated carbocycles. The van der Waals surface area contributed by atoms with Crippen molar-refractivity contribution < 1.29 is 9.53 Å². The van der Waals surface area contributed by atoms with Crippen LogP contribution in [0.15, 0.2) is 47.6 Å². The van der Waals surface area contributed by atoms with Crippen molar-refractivity contribution in [2.75, 3.05) is 18.2 Å². The first-order chi connectivity index (χ1) is 17.6. The molecule has 1 aromatic heterocycles. The van der Waals surface area contributed by atoms with E-state index in [0.717, 1.165) is 29.5 Å². The van der Waals surface area contributed by atoms with E-state index in [1.54, 1.807) is 25.3 Å². The molecular formula is C29H39ClN4O2S. The molecule has 8 heteroatoms. The highest BCUT2D eigenvalue weighted by atomic mass is 35.5. The second kappa shape index (κ2) is 13.3. The van der Waals surface area contributed by atoms with Crippen molar-refractivity contribution in [1.82, 2.24) is 14.8 Å². The number of carbonyl (C=O) groups is 1. The molecule has 0 aliphatic rings. The number of hydrogen-bond donors (Lipinski definition) is 1. The number of anilines is 1. The van der Waals surface area contributed by atoms with Gasteiger partial charge >= 0.3 is 0 Å². The van der Waals surface area contributed by atoms with Gasteiger partial charge in [-0.2, -0.15) is 0 Å². The Morgan fingerprint density at radius 3 is 2.49 bits per heavy atom. The Kier molecular flexibility index (Phi) is 10.5. The average molecular weight is 543 g/mol. The highest BCUT2D eigenvalue weighted by Gasteiger charge is 2.19. The molecular weight excluding hydrogens is 504 g/mol. The fourth-order valence-electron chi connectivity index (χ4n) is 4.11. The molecule has 0 aliphatic carbocycles. The number of thioether (sulfide) groups is 1. The van der Waals surface area contributed by atoms with Gasteiger partial charge in [-0.15, -0.1) is 10.2 Å². The minimum atomic E-state index is -0.132. The topological polar surface area (TPSA) is 69.0 Å². The largest absolute Gasteiger partial charge is 0.495 e. The van der Waals surface area contributed by atoms with Gasteiger partial charge in [0.15, 0.2) is 11.0 Å². The summed E-state index contributed by atoms with van der Waals surface area (Å²) < 4.78 is 7.35. The van der Waals surface area contributed by atoms with Crippen LogP contribution in [0.4, 0.5) is 5.69 Å². The molecule has 6 nitrogen and oxygen atoms in total. The van der Waals surface area contributed by atoms with Crippen LogP contribution in [-0.4, -0.2) is 33.5 Å². The Morgan fingerprint density at radius 1 is 1.14 bits per heavy atom. The van der Waals surface area contributed by atoms with Gasteiger partial charge in [-0.25, -0.2) is 0 Å². The number of halogens is 1. The van der Waals surface area contributed by atoms with Crippen LogP contribution in [0.2, 0.25) is 5.02 Å². The maximum atomic E-state index is 12.7. The first-order valence-electron chi connectivity index (χ1n) is 12.9. The molecule has 37 heavy (non-hydrogen) atoms. The van der Waals surface area contributed by atoms with Crippen molar-refractivity contribution >= 4 is 35.0 Å². The monoisotopic (exact) mass is 542 g/mol. The van der Waals surface area contributed by atoms with Gasteiger partial charge in [0.05, 0.1) is 17.9 Å². The van der Waals surface area contributed by atoms with Crippen molar-refractivity contribution in [3.8, 4) is 17.1 Å². The summed E-state index contributed by atoms with van der Waals surface area (Å²) in [5, 5.41) is 13.1. The lowest BCUT2D eigenvalue weighted by molar-refractivity contribution is -0.113. The molecule has 0 aliphatic heterocycles. The summed E-state index contributed by atoms with van der Waals surface area (Å²) in [6, 6.07) is 13.8. The Morgan fingerprint density at radius 2 is 1.86 bits per heavy atom. The molecule has 2 aromatic carbocycles. The number of hydrogen-bond acceptors (Lipinski definition) is 5. The Labute approximate surface area is 230 Å². The van der Waals surface area contributed by atoms with Crippen LogP contribution in [0.5, 0.6) is 5.75 Å². The number of nitrogens with one attached hydrogen (secondary N) is 1. The van der Waals surface area contributed by atoms with Crippen molar-refractivity contribution in [2.24, 2.45) is 5.92 Å². The van der Waals surface area contributed by atoms with Crippen molar-refractivity contribution in [1.29, 1.82) is 0 Å². The smallest absolute Gasteiger partial charge is 0.234 e. The van der Waals surface area contributed by atoms with Crippen LogP contribution in [0.3, 0.4) is 0 Å². The first-order valence-corrected chi connectivity index (χ1v) is 14.3. The molecule has 1 amide bonds. The minimum Gasteiger partial charge on any atom is -0.495 e. The Hall–Kier alpha value is -2.51. The van der Waals surface area contributed by atoms with Crippen LogP contribution in [-0.2, 0) is 16.8 Å². The molecule has 0 fully saturated rings. The van der Waals surface area contributed by atoms with Crippen LogP contribution in [0, 0.1) is 5.92 Å². The number of nitrogens with zero attached hydrogens (tertiary/aromatic N) is 3. The summed E-state index contributed by atoms with van der Waals surface area (Å²) in [4.78, 5) is 12.7. The fourth-order valence-corrected chi connectivity index (χ4v) is 5.12. The van der Waals surface area contributed by atoms with Crippen LogP contribution in [0.25, 0.3) is 11.4 Å². The zero-order valence-corrected chi connectivity index (χ0v) is 24.4. The van der Waals surface area contributed by atoms with Crippen molar-refractivity contribution in [3.63, 3.8) is 0 Å². The Bertz CT molecular complexity index is 1170. The van der Waals surface area contributed by atoms with E-state index in [0.29, 0.717) is 22.4 Å². The summed E-state index contributed by atoms with van der Waals surface area (Å²) in [6.07, 6.45) is 4.81. The second-order valence-corrected chi connectivity index (χ2v) is 11.9. The molecule has 0 bridgehead atoms. The first kappa shape index (κ1) is 29.1. The van der Waals surface area contributed by atoms with Crippen LogP contribution < -0.4 is 10.1 Å². The Balaban J connectivity index is 1.77. The number of aromatic nitrogens is 3. The summed E-state index contributed by atoms with van der Waals surface area (Å²) in [5.74, 6) is 1.97. The van der Waals surface area contributed by atoms with Gasteiger partial charge in [0.1, 0.15) is 5.75 Å². The predicted molar refractivity (Wildman–Crippen MR) is 155 cm³/mol. The van der Waals surface area contributed by atoms with E-state index in [9.17, 15) is 4.79 Å². The number of amides is 1. The normalized spacial score (nSPS) is 12.4. The standard InChI is InChI=1S/C29H39ClN4O2S/c1-7-8-9-10-20(2)18-34-27(21-11-13-22(14-12-21)29(3,4)5)32-33-28(34)37-19-26(35)31-23-15-16-25(36-6)24(30)17-23/h11-17,20H,7-10,18-19H2,1-6H3,(H,31,35)/t20-/m0/s1. The summed E-state index contributed by atoms with van der Waals surface area (Å²) in [6.45, 7) is 11.9. The lowest BCUT2D eigenvalue weighted by atomic mass is 9.86. The number of methoxy groups -OCH3 is 1. The number of ether oxygens (including phenoxy) is 1. The van der Waals surface area contributed by atoms with Gasteiger partial charge in [-0.1, -0.05) is 102 Å². The fraction of sp³-hybridized carbons (Fsp3) is 0.483. The maximum Gasteiger partial charge on any atom is 0.234 e. The number of carbonyl (C=O) groups excluding carboxylic acids is 1. The number of rotatable bonds is 12. The molecule has 3 aromatic rings. The maximum absolute atomic E-state index is 12.7. The molecule has 0 radical (unpaired) electrons. The third-order valence-corrected chi connectivity index (χ3v) is 7.55. The molecule has 0 spiro atoms. The van der Waals surface area contributed by atoms with Crippen molar-refractivity contribution in [2.45, 2.75) is 77.4 Å². The van der Waals surface area contributed by atoms with Gasteiger partial charge in [-0.3, -0.25) is 4.79 Å². The zero-order chi connectivity index (χ0) is 27.0. The van der Waals surface area contributed by atoms with E-state index in [1.807, 2.05) is 0 Å². The highest BCUT2D eigenvalue weighted by molar-refractivity contribution is 7.99. The van der Waals surface area contributed by atoms with E-state index in [-0.39, 0.29) is 17.1 Å². The molecule has 0 saturated heterocycles. The predicted octanol–water partition coefficient (Wildman–Crippen LogP) is 7.85. The summed E-state index contributed by atoms with van der Waals surface area (Å²) in [5.41, 5.74) is 3.02. The van der Waals surface area contributed by atoms with Crippen LogP contribution in [0.1, 0.15) is 65.9 Å². The van der Waals surface area contributed by atoms with E-state index >= 15 is 0 Å². The van der Waals surface area contributed by atoms with E-state index in [4.69, 9.17) is 16.3 Å². The van der Waals surface area contributed by atoms with Crippen LogP contribution >= 0.6 is 23.4 Å². The molecule has 1 heterocycles. The van der Waals surface area contributed by atoms with Gasteiger partial charge in [0, 0.05) is 17.8 Å². The molecule has 1 atom stereocenters. The van der Waals surface area contributed by atoms with Gasteiger partial charge in [0.25, 0.3) is 0 Å². The van der Waals surface area contributed by atoms with Crippen molar-refractivity contribution in [3.05, 3.63) is 53.1 Å². The minimum absolute atomic E-state index is 0.0858. The average Bonchev–Trinajstić information content (AvgIpc) is 3.24. The summed E-state index contributed by atoms with van der Waals surface area (Å²) in [7, 11) is 1.56. The highest BCUT2D eigenvalue weighted by Crippen LogP contribution is 2.30. The molecule has 200 valence electrons. The quantitative estimate of drug-likeness (QED) is 0.186.